The van der Waals surface area contributed by atoms with Crippen LogP contribution < -0.4 is 5.32 Å². The molecule has 1 aromatic rings. The molecule has 1 saturated heterocycles. The summed E-state index contributed by atoms with van der Waals surface area (Å²) in [7, 11) is 0. The smallest absolute Gasteiger partial charge is 0.412 e. The zero-order valence-corrected chi connectivity index (χ0v) is 11.4. The molecule has 3 nitrogen and oxygen atoms in total. The van der Waals surface area contributed by atoms with Crippen LogP contribution in [0.5, 0.6) is 0 Å². The molecule has 0 bridgehead atoms. The molecule has 0 amide bonds. The molecule has 0 spiro atoms. The minimum atomic E-state index is -5.59. The average Bonchev–Trinajstić information content (AvgIpc) is 2.68. The van der Waals surface area contributed by atoms with Crippen LogP contribution in [0.4, 0.5) is 26.3 Å². The van der Waals surface area contributed by atoms with Crippen LogP contribution >= 0.6 is 0 Å². The summed E-state index contributed by atoms with van der Waals surface area (Å²) in [6.45, 7) is 1.24. The van der Waals surface area contributed by atoms with E-state index in [9.17, 15) is 26.3 Å². The molecule has 1 aromatic carbocycles. The first kappa shape index (κ1) is 18.7. The van der Waals surface area contributed by atoms with Crippen molar-refractivity contribution in [3.05, 3.63) is 35.9 Å². The quantitative estimate of drug-likeness (QED) is 0.847. The van der Waals surface area contributed by atoms with Crippen LogP contribution in [0.15, 0.2) is 30.3 Å². The van der Waals surface area contributed by atoms with Gasteiger partial charge >= 0.3 is 18.1 Å². The second-order valence-corrected chi connectivity index (χ2v) is 4.96. The summed E-state index contributed by atoms with van der Waals surface area (Å²) in [5.74, 6) is 0. The summed E-state index contributed by atoms with van der Waals surface area (Å²) >= 11 is 0. The van der Waals surface area contributed by atoms with Gasteiger partial charge in [-0.1, -0.05) is 30.3 Å². The second kappa shape index (κ2) is 6.05. The molecule has 2 atom stereocenters. The Kier molecular flexibility index (Phi) is 5.15. The fraction of sp³-hybridized carbons (Fsp3) is 0.538. The molecule has 126 valence electrons. The van der Waals surface area contributed by atoms with E-state index in [0.29, 0.717) is 5.56 Å². The number of halogens is 6. The Morgan fingerprint density at radius 2 is 1.55 bits per heavy atom. The molecule has 1 fully saturated rings. The highest BCUT2D eigenvalue weighted by Crippen LogP contribution is 2.48. The van der Waals surface area contributed by atoms with E-state index in [1.165, 1.54) is 6.92 Å². The van der Waals surface area contributed by atoms with Crippen molar-refractivity contribution in [1.29, 1.82) is 0 Å². The summed E-state index contributed by atoms with van der Waals surface area (Å²) in [6.07, 6.45) is -12.4. The Balaban J connectivity index is 0.00000242. The van der Waals surface area contributed by atoms with E-state index in [1.807, 2.05) is 0 Å². The number of alkyl halides is 6. The van der Waals surface area contributed by atoms with Gasteiger partial charge in [0, 0.05) is 12.5 Å². The van der Waals surface area contributed by atoms with E-state index in [-0.39, 0.29) is 11.9 Å². The molecule has 1 aliphatic heterocycles. The summed E-state index contributed by atoms with van der Waals surface area (Å²) in [4.78, 5) is 0. The van der Waals surface area contributed by atoms with Crippen molar-refractivity contribution < 1.29 is 36.6 Å². The van der Waals surface area contributed by atoms with Crippen molar-refractivity contribution in [2.24, 2.45) is 0 Å². The van der Waals surface area contributed by atoms with Gasteiger partial charge in [-0.3, -0.25) is 5.32 Å². The van der Waals surface area contributed by atoms with Gasteiger partial charge in [0.05, 0.1) is 6.10 Å². The third-order valence-corrected chi connectivity index (χ3v) is 3.39. The minimum absolute atomic E-state index is 0. The highest BCUT2D eigenvalue weighted by molar-refractivity contribution is 5.17. The monoisotopic (exact) mass is 331 g/mol. The summed E-state index contributed by atoms with van der Waals surface area (Å²) < 4.78 is 81.8. The molecule has 9 heteroatoms. The SMILES string of the molecule is CC1NC(C(F)(F)F)(C(F)(F)F)OC1Cc1ccccc1.O. The summed E-state index contributed by atoms with van der Waals surface area (Å²) in [5.41, 5.74) is -3.70. The molecule has 0 aromatic heterocycles. The minimum Gasteiger partial charge on any atom is -0.412 e. The number of hydrogen-bond donors (Lipinski definition) is 1. The van der Waals surface area contributed by atoms with Crippen LogP contribution in [0.25, 0.3) is 0 Å². The van der Waals surface area contributed by atoms with Gasteiger partial charge in [0.1, 0.15) is 0 Å². The van der Waals surface area contributed by atoms with Crippen LogP contribution in [0, 0.1) is 0 Å². The number of nitrogens with one attached hydrogen (secondary N) is 1. The van der Waals surface area contributed by atoms with E-state index >= 15 is 0 Å². The molecule has 3 N–H and O–H groups in total. The Morgan fingerprint density at radius 1 is 1.05 bits per heavy atom. The molecule has 0 aliphatic carbocycles. The highest BCUT2D eigenvalue weighted by atomic mass is 19.4. The maximum atomic E-state index is 12.9. The van der Waals surface area contributed by atoms with Gasteiger partial charge in [0.25, 0.3) is 0 Å². The fourth-order valence-electron chi connectivity index (χ4n) is 2.30. The Hall–Kier alpha value is -1.32. The molecular weight excluding hydrogens is 316 g/mol. The third-order valence-electron chi connectivity index (χ3n) is 3.39. The van der Waals surface area contributed by atoms with E-state index in [2.05, 4.69) is 4.74 Å². The molecule has 0 saturated carbocycles. The first-order chi connectivity index (χ1) is 9.57. The van der Waals surface area contributed by atoms with Crippen LogP contribution in [0.2, 0.25) is 0 Å². The fourth-order valence-corrected chi connectivity index (χ4v) is 2.30. The normalized spacial score (nSPS) is 24.9. The topological polar surface area (TPSA) is 52.8 Å². The third kappa shape index (κ3) is 3.21. The van der Waals surface area contributed by atoms with Gasteiger partial charge in [0.2, 0.25) is 0 Å². The van der Waals surface area contributed by atoms with Gasteiger partial charge in [-0.05, 0) is 12.5 Å². The first-order valence-corrected chi connectivity index (χ1v) is 6.20. The van der Waals surface area contributed by atoms with Crippen LogP contribution in [-0.4, -0.2) is 35.7 Å². The van der Waals surface area contributed by atoms with Gasteiger partial charge < -0.3 is 10.2 Å². The number of benzene rings is 1. The zero-order chi connectivity index (χ0) is 15.9. The van der Waals surface area contributed by atoms with Gasteiger partial charge in [-0.2, -0.15) is 26.3 Å². The molecule has 1 heterocycles. The first-order valence-electron chi connectivity index (χ1n) is 6.20. The van der Waals surface area contributed by atoms with Crippen LogP contribution in [-0.2, 0) is 11.2 Å². The van der Waals surface area contributed by atoms with Crippen molar-refractivity contribution in [1.82, 2.24) is 5.32 Å². The van der Waals surface area contributed by atoms with E-state index in [4.69, 9.17) is 0 Å². The Morgan fingerprint density at radius 3 is 1.95 bits per heavy atom. The van der Waals surface area contributed by atoms with Crippen molar-refractivity contribution in [3.8, 4) is 0 Å². The van der Waals surface area contributed by atoms with Gasteiger partial charge in [0.15, 0.2) is 0 Å². The number of ether oxygens (including phenoxy) is 1. The molecular formula is C13H15F6NO2. The molecule has 2 rings (SSSR count). The average molecular weight is 331 g/mol. The lowest BCUT2D eigenvalue weighted by Crippen LogP contribution is -2.65. The van der Waals surface area contributed by atoms with Crippen molar-refractivity contribution >= 4 is 0 Å². The standard InChI is InChI=1S/C13H13F6NO.H2O/c1-8-10(7-9-5-3-2-4-6-9)21-11(20-8,12(14,15)16)13(17,18)19;/h2-6,8,10,20H,7H2,1H3;1H2. The van der Waals surface area contributed by atoms with Crippen molar-refractivity contribution in [2.75, 3.05) is 0 Å². The highest BCUT2D eigenvalue weighted by Gasteiger charge is 2.76. The van der Waals surface area contributed by atoms with Crippen molar-refractivity contribution in [3.63, 3.8) is 0 Å². The predicted molar refractivity (Wildman–Crippen MR) is 66.1 cm³/mol. The molecule has 2 unspecified atom stereocenters. The molecule has 0 radical (unpaired) electrons. The molecule has 22 heavy (non-hydrogen) atoms. The summed E-state index contributed by atoms with van der Waals surface area (Å²) in [5, 5.41) is 1.55. The van der Waals surface area contributed by atoms with Crippen LogP contribution in [0.3, 0.4) is 0 Å². The maximum Gasteiger partial charge on any atom is 0.440 e. The zero-order valence-electron chi connectivity index (χ0n) is 11.4. The largest absolute Gasteiger partial charge is 0.440 e. The second-order valence-electron chi connectivity index (χ2n) is 4.96. The number of rotatable bonds is 2. The lowest BCUT2D eigenvalue weighted by atomic mass is 10.0. The van der Waals surface area contributed by atoms with Gasteiger partial charge in [-0.15, -0.1) is 0 Å². The predicted octanol–water partition coefficient (Wildman–Crippen LogP) is 2.60. The van der Waals surface area contributed by atoms with E-state index in [0.717, 1.165) is 0 Å². The Bertz CT molecular complexity index is 474. The number of hydrogen-bond acceptors (Lipinski definition) is 2. The lowest BCUT2D eigenvalue weighted by molar-refractivity contribution is -0.382. The molecule has 1 aliphatic rings. The Labute approximate surface area is 122 Å². The maximum absolute atomic E-state index is 12.9. The summed E-state index contributed by atoms with van der Waals surface area (Å²) in [6, 6.07) is 7.17. The lowest BCUT2D eigenvalue weighted by Gasteiger charge is -2.33. The van der Waals surface area contributed by atoms with Gasteiger partial charge in [-0.25, -0.2) is 0 Å². The van der Waals surface area contributed by atoms with E-state index in [1.54, 1.807) is 35.6 Å². The van der Waals surface area contributed by atoms with Crippen molar-refractivity contribution in [2.45, 2.75) is 43.6 Å². The van der Waals surface area contributed by atoms with Crippen LogP contribution in [0.1, 0.15) is 12.5 Å². The van der Waals surface area contributed by atoms with E-state index < -0.39 is 30.2 Å².